The van der Waals surface area contributed by atoms with Crippen LogP contribution in [-0.2, 0) is 9.59 Å². The van der Waals surface area contributed by atoms with Gasteiger partial charge in [-0.3, -0.25) is 9.59 Å². The van der Waals surface area contributed by atoms with Crippen LogP contribution in [-0.4, -0.2) is 22.2 Å². The van der Waals surface area contributed by atoms with Gasteiger partial charge in [0.2, 0.25) is 0 Å². The molecule has 0 saturated heterocycles. The van der Waals surface area contributed by atoms with E-state index in [1.165, 1.54) is 45.4 Å². The lowest BCUT2D eigenvalue weighted by Gasteiger charge is -2.19. The summed E-state index contributed by atoms with van der Waals surface area (Å²) in [5.41, 5.74) is -1.64. The number of carboxylic acid groups (broad SMARTS) is 2. The van der Waals surface area contributed by atoms with E-state index in [0.717, 1.165) is 32.1 Å². The largest absolute Gasteiger partial charge is 0.480 e. The predicted molar refractivity (Wildman–Crippen MR) is 107 cm³/mol. The lowest BCUT2D eigenvalue weighted by atomic mass is 9.85. The van der Waals surface area contributed by atoms with E-state index >= 15 is 0 Å². The Morgan fingerprint density at radius 2 is 1.19 bits per heavy atom. The van der Waals surface area contributed by atoms with Crippen molar-refractivity contribution in [1.29, 1.82) is 0 Å². The van der Waals surface area contributed by atoms with Crippen molar-refractivity contribution in [1.82, 2.24) is 0 Å². The second-order valence-electron chi connectivity index (χ2n) is 7.28. The van der Waals surface area contributed by atoms with Crippen LogP contribution in [0.4, 0.5) is 0 Å². The van der Waals surface area contributed by atoms with Crippen molar-refractivity contribution in [3.63, 3.8) is 0 Å². The van der Waals surface area contributed by atoms with E-state index in [1.807, 2.05) is 0 Å². The van der Waals surface area contributed by atoms with Gasteiger partial charge < -0.3 is 10.2 Å². The van der Waals surface area contributed by atoms with E-state index in [9.17, 15) is 9.59 Å². The van der Waals surface area contributed by atoms with E-state index in [0.29, 0.717) is 6.42 Å². The standard InChI is InChI=1S/C22H38O4/c1-3-4-5-6-7-8-9-10-11-12-13-14-15-16-17-18-19-22(2,20(23)24)21(25)26/h7-8,10-11H,3-6,9,12-19H2,1-2H3,(H,23,24)(H,25,26). The van der Waals surface area contributed by atoms with Gasteiger partial charge in [-0.2, -0.15) is 0 Å². The van der Waals surface area contributed by atoms with Crippen molar-refractivity contribution in [2.24, 2.45) is 5.41 Å². The normalized spacial score (nSPS) is 12.2. The molecule has 0 amide bonds. The Balaban J connectivity index is 3.52. The van der Waals surface area contributed by atoms with Gasteiger partial charge in [-0.15, -0.1) is 0 Å². The molecule has 0 aliphatic carbocycles. The molecule has 0 aromatic heterocycles. The third-order valence-electron chi connectivity index (χ3n) is 4.82. The summed E-state index contributed by atoms with van der Waals surface area (Å²) in [6, 6.07) is 0. The molecule has 4 nitrogen and oxygen atoms in total. The number of unbranched alkanes of at least 4 members (excludes halogenated alkanes) is 9. The van der Waals surface area contributed by atoms with Gasteiger partial charge in [-0.05, 0) is 45.4 Å². The Morgan fingerprint density at radius 3 is 1.69 bits per heavy atom. The van der Waals surface area contributed by atoms with E-state index in [1.54, 1.807) is 0 Å². The molecule has 0 heterocycles. The molecule has 26 heavy (non-hydrogen) atoms. The summed E-state index contributed by atoms with van der Waals surface area (Å²) in [7, 11) is 0. The minimum Gasteiger partial charge on any atom is -0.480 e. The first kappa shape index (κ1) is 24.4. The Hall–Kier alpha value is -1.58. The molecule has 0 aromatic carbocycles. The quantitative estimate of drug-likeness (QED) is 0.178. The molecule has 0 spiro atoms. The highest BCUT2D eigenvalue weighted by Gasteiger charge is 2.40. The van der Waals surface area contributed by atoms with Gasteiger partial charge >= 0.3 is 11.9 Å². The molecule has 0 unspecified atom stereocenters. The minimum absolute atomic E-state index is 0.201. The second-order valence-corrected chi connectivity index (χ2v) is 7.28. The Morgan fingerprint density at radius 1 is 0.731 bits per heavy atom. The van der Waals surface area contributed by atoms with Gasteiger partial charge in [0.25, 0.3) is 0 Å². The molecule has 0 radical (unpaired) electrons. The fraction of sp³-hybridized carbons (Fsp3) is 0.727. The van der Waals surface area contributed by atoms with Gasteiger partial charge in [-0.1, -0.05) is 76.2 Å². The van der Waals surface area contributed by atoms with E-state index in [4.69, 9.17) is 10.2 Å². The Labute approximate surface area is 159 Å². The fourth-order valence-electron chi connectivity index (χ4n) is 2.77. The van der Waals surface area contributed by atoms with E-state index in [2.05, 4.69) is 31.2 Å². The lowest BCUT2D eigenvalue weighted by molar-refractivity contribution is -0.163. The summed E-state index contributed by atoms with van der Waals surface area (Å²) in [6.45, 7) is 3.52. The zero-order valence-corrected chi connectivity index (χ0v) is 16.7. The second kappa shape index (κ2) is 15.7. The van der Waals surface area contributed by atoms with Crippen LogP contribution in [0.25, 0.3) is 0 Å². The average Bonchev–Trinajstić information content (AvgIpc) is 2.60. The highest BCUT2D eigenvalue weighted by Crippen LogP contribution is 2.25. The molecule has 0 fully saturated rings. The molecule has 0 atom stereocenters. The first-order chi connectivity index (χ1) is 12.4. The van der Waals surface area contributed by atoms with Crippen LogP contribution >= 0.6 is 0 Å². The van der Waals surface area contributed by atoms with Gasteiger partial charge in [0, 0.05) is 0 Å². The topological polar surface area (TPSA) is 74.6 Å². The summed E-state index contributed by atoms with van der Waals surface area (Å²) in [5.74, 6) is -2.49. The number of hydrogen-bond donors (Lipinski definition) is 2. The van der Waals surface area contributed by atoms with Crippen LogP contribution in [0.1, 0.15) is 97.3 Å². The van der Waals surface area contributed by atoms with Gasteiger partial charge in [-0.25, -0.2) is 0 Å². The van der Waals surface area contributed by atoms with Crippen LogP contribution in [0.5, 0.6) is 0 Å². The molecule has 0 bridgehead atoms. The zero-order valence-electron chi connectivity index (χ0n) is 16.7. The summed E-state index contributed by atoms with van der Waals surface area (Å²) < 4.78 is 0. The van der Waals surface area contributed by atoms with E-state index < -0.39 is 17.4 Å². The van der Waals surface area contributed by atoms with Crippen molar-refractivity contribution in [2.75, 3.05) is 0 Å². The summed E-state index contributed by atoms with van der Waals surface area (Å²) in [5, 5.41) is 18.1. The van der Waals surface area contributed by atoms with Crippen LogP contribution in [0.15, 0.2) is 24.3 Å². The number of carboxylic acids is 2. The average molecular weight is 367 g/mol. The van der Waals surface area contributed by atoms with Crippen LogP contribution in [0.2, 0.25) is 0 Å². The Kier molecular flexibility index (Phi) is 14.7. The highest BCUT2D eigenvalue weighted by molar-refractivity contribution is 5.97. The zero-order chi connectivity index (χ0) is 19.7. The van der Waals surface area contributed by atoms with E-state index in [-0.39, 0.29) is 6.42 Å². The van der Waals surface area contributed by atoms with Gasteiger partial charge in [0.15, 0.2) is 5.41 Å². The monoisotopic (exact) mass is 366 g/mol. The van der Waals surface area contributed by atoms with Crippen molar-refractivity contribution in [3.8, 4) is 0 Å². The van der Waals surface area contributed by atoms with Gasteiger partial charge in [0.1, 0.15) is 0 Å². The molecular weight excluding hydrogens is 328 g/mol. The summed E-state index contributed by atoms with van der Waals surface area (Å²) >= 11 is 0. The third kappa shape index (κ3) is 11.9. The number of aliphatic carboxylic acids is 2. The fourth-order valence-corrected chi connectivity index (χ4v) is 2.77. The molecule has 2 N–H and O–H groups in total. The lowest BCUT2D eigenvalue weighted by Crippen LogP contribution is -2.36. The molecule has 0 aromatic rings. The van der Waals surface area contributed by atoms with Gasteiger partial charge in [0.05, 0.1) is 0 Å². The molecule has 150 valence electrons. The summed E-state index contributed by atoms with van der Waals surface area (Å²) in [4.78, 5) is 22.1. The maximum Gasteiger partial charge on any atom is 0.320 e. The number of rotatable bonds is 17. The third-order valence-corrected chi connectivity index (χ3v) is 4.82. The van der Waals surface area contributed by atoms with Crippen molar-refractivity contribution in [3.05, 3.63) is 24.3 Å². The smallest absolute Gasteiger partial charge is 0.320 e. The number of carbonyl (C=O) groups is 2. The molecule has 0 rings (SSSR count). The maximum absolute atomic E-state index is 11.1. The molecule has 0 aliphatic heterocycles. The summed E-state index contributed by atoms with van der Waals surface area (Å²) in [6.07, 6.45) is 22.5. The van der Waals surface area contributed by atoms with Crippen molar-refractivity contribution in [2.45, 2.75) is 97.3 Å². The SMILES string of the molecule is CCCCCC=CCC=CCCCCCCCCC(C)(C(=O)O)C(=O)O. The first-order valence-electron chi connectivity index (χ1n) is 10.2. The number of allylic oxidation sites excluding steroid dienone is 4. The maximum atomic E-state index is 11.1. The first-order valence-corrected chi connectivity index (χ1v) is 10.2. The van der Waals surface area contributed by atoms with Crippen LogP contribution in [0.3, 0.4) is 0 Å². The van der Waals surface area contributed by atoms with Crippen molar-refractivity contribution >= 4 is 11.9 Å². The van der Waals surface area contributed by atoms with Crippen LogP contribution in [0, 0.1) is 5.41 Å². The van der Waals surface area contributed by atoms with Crippen molar-refractivity contribution < 1.29 is 19.8 Å². The highest BCUT2D eigenvalue weighted by atomic mass is 16.4. The molecular formula is C22H38O4. The molecule has 0 aliphatic rings. The Bertz CT molecular complexity index is 423. The minimum atomic E-state index is -1.64. The van der Waals surface area contributed by atoms with Crippen LogP contribution < -0.4 is 0 Å². The number of hydrogen-bond acceptors (Lipinski definition) is 2. The predicted octanol–water partition coefficient (Wildman–Crippen LogP) is 6.37. The molecule has 0 saturated carbocycles. The molecule has 4 heteroatoms.